The summed E-state index contributed by atoms with van der Waals surface area (Å²) in [6.07, 6.45) is 4.78. The molecule has 2 saturated heterocycles. The van der Waals surface area contributed by atoms with Crippen molar-refractivity contribution < 1.29 is 14.3 Å². The first-order valence-corrected chi connectivity index (χ1v) is 8.33. The Kier molecular flexibility index (Phi) is 2.86. The van der Waals surface area contributed by atoms with Crippen LogP contribution in [0.3, 0.4) is 0 Å². The minimum Gasteiger partial charge on any atom is -0.429 e. The Hall–Kier alpha value is -1.00. The van der Waals surface area contributed by atoms with E-state index in [9.17, 15) is 4.79 Å². The van der Waals surface area contributed by atoms with E-state index in [-0.39, 0.29) is 10.7 Å². The fourth-order valence-corrected chi connectivity index (χ4v) is 5.51. The molecule has 3 aliphatic rings. The molecule has 3 atom stereocenters. The molecule has 4 rings (SSSR count). The zero-order valence-corrected chi connectivity index (χ0v) is 12.2. The zero-order valence-electron chi connectivity index (χ0n) is 11.3. The lowest BCUT2D eigenvalue weighted by Crippen LogP contribution is -2.47. The van der Waals surface area contributed by atoms with Crippen molar-refractivity contribution >= 4 is 17.7 Å². The molecule has 2 heterocycles. The first kappa shape index (κ1) is 12.7. The van der Waals surface area contributed by atoms with Crippen LogP contribution in [0.2, 0.25) is 0 Å². The molecule has 0 radical (unpaired) electrons. The van der Waals surface area contributed by atoms with E-state index in [1.807, 2.05) is 42.1 Å². The van der Waals surface area contributed by atoms with Gasteiger partial charge in [0, 0.05) is 6.42 Å². The number of thioether (sulfide) groups is 1. The topological polar surface area (TPSA) is 35.5 Å². The highest BCUT2D eigenvalue weighted by Gasteiger charge is 2.65. The fourth-order valence-electron chi connectivity index (χ4n) is 3.84. The third-order valence-corrected chi connectivity index (χ3v) is 6.54. The summed E-state index contributed by atoms with van der Waals surface area (Å²) in [7, 11) is 0. The van der Waals surface area contributed by atoms with Crippen LogP contribution in [0, 0.1) is 0 Å². The fraction of sp³-hybridized carbons (Fsp3) is 0.562. The van der Waals surface area contributed by atoms with Gasteiger partial charge in [0.1, 0.15) is 0 Å². The second-order valence-electron chi connectivity index (χ2n) is 5.88. The molecule has 0 unspecified atom stereocenters. The molecule has 0 bridgehead atoms. The first-order valence-electron chi connectivity index (χ1n) is 7.34. The van der Waals surface area contributed by atoms with Gasteiger partial charge in [0.25, 0.3) is 0 Å². The number of rotatable bonds is 1. The number of fused-ring (bicyclic) bond motifs is 1. The van der Waals surface area contributed by atoms with Gasteiger partial charge in [-0.05, 0) is 37.0 Å². The summed E-state index contributed by atoms with van der Waals surface area (Å²) in [5.74, 6) is 0.259. The van der Waals surface area contributed by atoms with Crippen LogP contribution in [-0.4, -0.2) is 22.3 Å². The van der Waals surface area contributed by atoms with E-state index in [4.69, 9.17) is 9.47 Å². The van der Waals surface area contributed by atoms with Gasteiger partial charge in [0.15, 0.2) is 6.10 Å². The van der Waals surface area contributed by atoms with E-state index in [1.165, 1.54) is 6.42 Å². The normalized spacial score (nSPS) is 39.8. The Labute approximate surface area is 123 Å². The van der Waals surface area contributed by atoms with Crippen LogP contribution >= 0.6 is 11.8 Å². The van der Waals surface area contributed by atoms with Gasteiger partial charge in [-0.25, -0.2) is 4.79 Å². The zero-order chi connectivity index (χ0) is 13.6. The van der Waals surface area contributed by atoms with Crippen molar-refractivity contribution in [2.45, 2.75) is 48.7 Å². The van der Waals surface area contributed by atoms with Gasteiger partial charge in [-0.3, -0.25) is 0 Å². The van der Waals surface area contributed by atoms with Gasteiger partial charge in [-0.15, -0.1) is 11.8 Å². The summed E-state index contributed by atoms with van der Waals surface area (Å²) in [6, 6.07) is 9.70. The van der Waals surface area contributed by atoms with Gasteiger partial charge in [0.05, 0.1) is 4.75 Å². The largest absolute Gasteiger partial charge is 0.429 e. The Bertz CT molecular complexity index is 518. The summed E-state index contributed by atoms with van der Waals surface area (Å²) >= 11 is 1.95. The SMILES string of the molecule is O=C1O[C@]2(CCC[C@@]23CCCS3)O[C@@H]1c1ccccc1. The summed E-state index contributed by atoms with van der Waals surface area (Å²) in [4.78, 5) is 12.3. The van der Waals surface area contributed by atoms with Crippen LogP contribution in [-0.2, 0) is 14.3 Å². The molecule has 2 spiro atoms. The lowest BCUT2D eigenvalue weighted by atomic mass is 9.96. The monoisotopic (exact) mass is 290 g/mol. The summed E-state index contributed by atoms with van der Waals surface area (Å²) in [6.45, 7) is 0. The molecule has 1 aromatic carbocycles. The quantitative estimate of drug-likeness (QED) is 0.742. The number of carbonyl (C=O) groups is 1. The predicted octanol–water partition coefficient (Wildman–Crippen LogP) is 3.45. The van der Waals surface area contributed by atoms with Crippen molar-refractivity contribution in [2.24, 2.45) is 0 Å². The molecule has 3 fully saturated rings. The smallest absolute Gasteiger partial charge is 0.342 e. The molecule has 2 aliphatic heterocycles. The van der Waals surface area contributed by atoms with Crippen molar-refractivity contribution in [3.63, 3.8) is 0 Å². The Morgan fingerprint density at radius 2 is 1.90 bits per heavy atom. The maximum Gasteiger partial charge on any atom is 0.342 e. The van der Waals surface area contributed by atoms with Gasteiger partial charge in [-0.1, -0.05) is 30.3 Å². The molecule has 1 saturated carbocycles. The molecule has 1 aliphatic carbocycles. The van der Waals surface area contributed by atoms with Crippen molar-refractivity contribution in [1.82, 2.24) is 0 Å². The predicted molar refractivity (Wildman–Crippen MR) is 77.4 cm³/mol. The second kappa shape index (κ2) is 4.50. The molecule has 0 N–H and O–H groups in total. The highest BCUT2D eigenvalue weighted by atomic mass is 32.2. The highest BCUT2D eigenvalue weighted by molar-refractivity contribution is 8.01. The molecule has 20 heavy (non-hydrogen) atoms. The number of carbonyl (C=O) groups excluding carboxylic acids is 1. The summed E-state index contributed by atoms with van der Waals surface area (Å²) in [5, 5.41) is 0. The molecule has 3 nitrogen and oxygen atoms in total. The highest BCUT2D eigenvalue weighted by Crippen LogP contribution is 2.60. The minimum absolute atomic E-state index is 0.00614. The summed E-state index contributed by atoms with van der Waals surface area (Å²) in [5.41, 5.74) is 0.902. The van der Waals surface area contributed by atoms with Crippen molar-refractivity contribution in [3.05, 3.63) is 35.9 Å². The van der Waals surface area contributed by atoms with Crippen LogP contribution in [0.4, 0.5) is 0 Å². The minimum atomic E-state index is -0.675. The van der Waals surface area contributed by atoms with E-state index in [0.29, 0.717) is 0 Å². The van der Waals surface area contributed by atoms with E-state index in [2.05, 4.69) is 0 Å². The molecular weight excluding hydrogens is 272 g/mol. The van der Waals surface area contributed by atoms with Crippen LogP contribution in [0.25, 0.3) is 0 Å². The van der Waals surface area contributed by atoms with Gasteiger partial charge in [0.2, 0.25) is 5.79 Å². The first-order chi connectivity index (χ1) is 9.75. The van der Waals surface area contributed by atoms with Gasteiger partial charge in [-0.2, -0.15) is 0 Å². The van der Waals surface area contributed by atoms with Crippen molar-refractivity contribution in [2.75, 3.05) is 5.75 Å². The maximum absolute atomic E-state index is 12.3. The number of ether oxygens (including phenoxy) is 2. The number of esters is 1. The number of benzene rings is 1. The molecule has 0 aromatic heterocycles. The molecule has 1 aromatic rings. The lowest BCUT2D eigenvalue weighted by Gasteiger charge is -2.37. The van der Waals surface area contributed by atoms with E-state index < -0.39 is 11.9 Å². The third kappa shape index (κ3) is 1.67. The van der Waals surface area contributed by atoms with E-state index >= 15 is 0 Å². The van der Waals surface area contributed by atoms with Gasteiger partial charge >= 0.3 is 5.97 Å². The molecular formula is C16H18O3S. The van der Waals surface area contributed by atoms with Crippen LogP contribution in [0.15, 0.2) is 30.3 Å². The van der Waals surface area contributed by atoms with E-state index in [0.717, 1.165) is 37.0 Å². The Morgan fingerprint density at radius 3 is 2.65 bits per heavy atom. The summed E-state index contributed by atoms with van der Waals surface area (Å²) < 4.78 is 12.1. The molecule has 106 valence electrons. The van der Waals surface area contributed by atoms with Crippen LogP contribution < -0.4 is 0 Å². The van der Waals surface area contributed by atoms with Crippen molar-refractivity contribution in [3.8, 4) is 0 Å². The second-order valence-corrected chi connectivity index (χ2v) is 7.36. The molecule has 0 amide bonds. The average molecular weight is 290 g/mol. The number of hydrogen-bond acceptors (Lipinski definition) is 4. The van der Waals surface area contributed by atoms with Crippen molar-refractivity contribution in [1.29, 1.82) is 0 Å². The average Bonchev–Trinajstić information content (AvgIpc) is 3.15. The van der Waals surface area contributed by atoms with Gasteiger partial charge < -0.3 is 9.47 Å². The van der Waals surface area contributed by atoms with Crippen LogP contribution in [0.5, 0.6) is 0 Å². The standard InChI is InChI=1S/C16H18O3S/c17-14-13(12-6-2-1-3-7-12)18-16(19-14)10-4-8-15(16)9-5-11-20-15/h1-3,6-7,13H,4-5,8-11H2/t13-,15-,16+/m1/s1. The maximum atomic E-state index is 12.3. The Morgan fingerprint density at radius 1 is 1.10 bits per heavy atom. The molecule has 4 heteroatoms. The number of hydrogen-bond donors (Lipinski definition) is 0. The lowest BCUT2D eigenvalue weighted by molar-refractivity contribution is -0.186. The van der Waals surface area contributed by atoms with Crippen LogP contribution in [0.1, 0.15) is 43.8 Å². The van der Waals surface area contributed by atoms with E-state index in [1.54, 1.807) is 0 Å². The third-order valence-electron chi connectivity index (χ3n) is 4.77. The Balaban J connectivity index is 1.67.